The second-order valence-corrected chi connectivity index (χ2v) is 6.06. The van der Waals surface area contributed by atoms with Gasteiger partial charge in [0.1, 0.15) is 5.69 Å². The molecule has 0 unspecified atom stereocenters. The quantitative estimate of drug-likeness (QED) is 0.587. The van der Waals surface area contributed by atoms with E-state index in [9.17, 15) is 4.79 Å². The number of benzene rings is 2. The Morgan fingerprint density at radius 3 is 2.34 bits per heavy atom. The van der Waals surface area contributed by atoms with Crippen molar-refractivity contribution in [3.05, 3.63) is 65.9 Å². The monoisotopic (exact) mass is 394 g/mol. The van der Waals surface area contributed by atoms with E-state index < -0.39 is 0 Å². The van der Waals surface area contributed by atoms with Crippen LogP contribution < -0.4 is 19.5 Å². The fourth-order valence-corrected chi connectivity index (χ4v) is 2.74. The van der Waals surface area contributed by atoms with Crippen molar-refractivity contribution in [2.45, 2.75) is 6.54 Å². The van der Waals surface area contributed by atoms with Gasteiger partial charge in [0.25, 0.3) is 0 Å². The van der Waals surface area contributed by atoms with Gasteiger partial charge in [-0.25, -0.2) is 0 Å². The van der Waals surface area contributed by atoms with Gasteiger partial charge < -0.3 is 24.1 Å². The van der Waals surface area contributed by atoms with Crippen LogP contribution in [0, 0.1) is 0 Å². The van der Waals surface area contributed by atoms with E-state index in [2.05, 4.69) is 10.5 Å². The van der Waals surface area contributed by atoms with Crippen LogP contribution in [0.15, 0.2) is 59.1 Å². The molecule has 0 saturated carbocycles. The lowest BCUT2D eigenvalue weighted by atomic mass is 10.1. The zero-order valence-corrected chi connectivity index (χ0v) is 16.5. The van der Waals surface area contributed by atoms with Gasteiger partial charge >= 0.3 is 0 Å². The maximum Gasteiger partial charge on any atom is 0.244 e. The van der Waals surface area contributed by atoms with Gasteiger partial charge in [-0.1, -0.05) is 35.5 Å². The summed E-state index contributed by atoms with van der Waals surface area (Å²) >= 11 is 0. The van der Waals surface area contributed by atoms with E-state index in [0.717, 1.165) is 11.1 Å². The first-order valence-electron chi connectivity index (χ1n) is 8.91. The van der Waals surface area contributed by atoms with Crippen molar-refractivity contribution < 1.29 is 23.5 Å². The van der Waals surface area contributed by atoms with Gasteiger partial charge in [-0.2, -0.15) is 0 Å². The van der Waals surface area contributed by atoms with Crippen LogP contribution >= 0.6 is 0 Å². The van der Waals surface area contributed by atoms with Gasteiger partial charge in [-0.15, -0.1) is 0 Å². The molecule has 0 saturated heterocycles. The molecule has 2 aromatic carbocycles. The number of methoxy groups -OCH3 is 3. The van der Waals surface area contributed by atoms with Crippen LogP contribution in [-0.4, -0.2) is 32.4 Å². The predicted molar refractivity (Wildman–Crippen MR) is 109 cm³/mol. The Bertz CT molecular complexity index is 970. The zero-order valence-electron chi connectivity index (χ0n) is 16.5. The van der Waals surface area contributed by atoms with Gasteiger partial charge in [0.05, 0.1) is 27.9 Å². The summed E-state index contributed by atoms with van der Waals surface area (Å²) in [5.74, 6) is 1.92. The van der Waals surface area contributed by atoms with E-state index in [-0.39, 0.29) is 12.5 Å². The normalized spacial score (nSPS) is 10.7. The lowest BCUT2D eigenvalue weighted by molar-refractivity contribution is -0.116. The second-order valence-electron chi connectivity index (χ2n) is 6.06. The average Bonchev–Trinajstić information content (AvgIpc) is 3.25. The summed E-state index contributed by atoms with van der Waals surface area (Å²) in [6.07, 6.45) is 3.09. The van der Waals surface area contributed by atoms with Crippen LogP contribution in [-0.2, 0) is 11.3 Å². The van der Waals surface area contributed by atoms with Gasteiger partial charge in [-0.05, 0) is 23.8 Å². The highest BCUT2D eigenvalue weighted by atomic mass is 16.5. The number of amides is 1. The minimum absolute atomic E-state index is 0.259. The topological polar surface area (TPSA) is 82.8 Å². The minimum Gasteiger partial charge on any atom is -0.493 e. The summed E-state index contributed by atoms with van der Waals surface area (Å²) in [6.45, 7) is 0.259. The van der Waals surface area contributed by atoms with E-state index in [1.807, 2.05) is 30.3 Å². The van der Waals surface area contributed by atoms with Crippen molar-refractivity contribution in [3.8, 4) is 28.6 Å². The van der Waals surface area contributed by atoms with Crippen molar-refractivity contribution in [1.82, 2.24) is 10.5 Å². The molecule has 3 aromatic rings. The molecule has 7 heteroatoms. The highest BCUT2D eigenvalue weighted by molar-refractivity contribution is 5.91. The number of nitrogens with zero attached hydrogens (tertiary/aromatic N) is 1. The minimum atomic E-state index is -0.261. The molecule has 150 valence electrons. The first-order chi connectivity index (χ1) is 14.1. The molecule has 3 rings (SSSR count). The third-order valence-corrected chi connectivity index (χ3v) is 4.18. The van der Waals surface area contributed by atoms with Crippen LogP contribution in [0.1, 0.15) is 11.3 Å². The first kappa shape index (κ1) is 20.0. The summed E-state index contributed by atoms with van der Waals surface area (Å²) in [5.41, 5.74) is 2.31. The number of aromatic nitrogens is 1. The first-order valence-corrected chi connectivity index (χ1v) is 8.91. The highest BCUT2D eigenvalue weighted by Crippen LogP contribution is 2.38. The zero-order chi connectivity index (χ0) is 20.6. The van der Waals surface area contributed by atoms with Crippen molar-refractivity contribution in [2.24, 2.45) is 0 Å². The Morgan fingerprint density at radius 2 is 1.72 bits per heavy atom. The lowest BCUT2D eigenvalue weighted by Crippen LogP contribution is -2.20. The van der Waals surface area contributed by atoms with Crippen molar-refractivity contribution in [1.29, 1.82) is 0 Å². The Morgan fingerprint density at radius 1 is 1.03 bits per heavy atom. The molecule has 0 bridgehead atoms. The Balaban J connectivity index is 1.62. The highest BCUT2D eigenvalue weighted by Gasteiger charge is 2.12. The smallest absolute Gasteiger partial charge is 0.244 e. The number of hydrogen-bond acceptors (Lipinski definition) is 6. The Kier molecular flexibility index (Phi) is 6.52. The summed E-state index contributed by atoms with van der Waals surface area (Å²) in [7, 11) is 4.62. The van der Waals surface area contributed by atoms with Gasteiger partial charge in [-0.3, -0.25) is 4.79 Å². The van der Waals surface area contributed by atoms with Crippen LogP contribution in [0.25, 0.3) is 17.4 Å². The molecule has 0 radical (unpaired) electrons. The third kappa shape index (κ3) is 4.95. The molecule has 1 aromatic heterocycles. The van der Waals surface area contributed by atoms with Gasteiger partial charge in [0.2, 0.25) is 11.7 Å². The molecule has 1 amide bonds. The fraction of sp³-hybridized carbons (Fsp3) is 0.182. The molecule has 1 N–H and O–H groups in total. The Labute approximate surface area is 168 Å². The van der Waals surface area contributed by atoms with Crippen molar-refractivity contribution >= 4 is 12.0 Å². The lowest BCUT2D eigenvalue weighted by Gasteiger charge is -2.12. The second kappa shape index (κ2) is 9.45. The van der Waals surface area contributed by atoms with E-state index in [0.29, 0.717) is 28.7 Å². The summed E-state index contributed by atoms with van der Waals surface area (Å²) in [6, 6.07) is 15.0. The number of rotatable bonds is 8. The molecule has 29 heavy (non-hydrogen) atoms. The largest absolute Gasteiger partial charge is 0.493 e. The van der Waals surface area contributed by atoms with E-state index in [4.69, 9.17) is 18.7 Å². The van der Waals surface area contributed by atoms with Crippen LogP contribution in [0.3, 0.4) is 0 Å². The van der Waals surface area contributed by atoms with Crippen molar-refractivity contribution in [3.63, 3.8) is 0 Å². The number of hydrogen-bond donors (Lipinski definition) is 1. The maximum atomic E-state index is 12.2. The Hall–Kier alpha value is -3.74. The standard InChI is InChI=1S/C22H22N2O5/c1-26-19-11-15(12-20(27-2)22(19)28-3)9-10-21(25)23-14-17-13-18(29-24-17)16-7-5-4-6-8-16/h4-13H,14H2,1-3H3,(H,23,25)/b10-9-. The van der Waals surface area contributed by atoms with Crippen LogP contribution in [0.2, 0.25) is 0 Å². The fourth-order valence-electron chi connectivity index (χ4n) is 2.74. The third-order valence-electron chi connectivity index (χ3n) is 4.18. The number of carbonyl (C=O) groups excluding carboxylic acids is 1. The average molecular weight is 394 g/mol. The number of carbonyl (C=O) groups is 1. The molecule has 0 fully saturated rings. The molecule has 0 atom stereocenters. The molecule has 1 heterocycles. The molecular weight excluding hydrogens is 372 g/mol. The van der Waals surface area contributed by atoms with Crippen LogP contribution in [0.5, 0.6) is 17.2 Å². The van der Waals surface area contributed by atoms with Crippen LogP contribution in [0.4, 0.5) is 0 Å². The molecular formula is C22H22N2O5. The molecule has 0 aliphatic rings. The van der Waals surface area contributed by atoms with Crippen molar-refractivity contribution in [2.75, 3.05) is 21.3 Å². The number of nitrogens with one attached hydrogen (secondary N) is 1. The summed E-state index contributed by atoms with van der Waals surface area (Å²) in [4.78, 5) is 12.2. The van der Waals surface area contributed by atoms with Gasteiger partial charge in [0.15, 0.2) is 17.3 Å². The summed E-state index contributed by atoms with van der Waals surface area (Å²) in [5, 5.41) is 6.76. The predicted octanol–water partition coefficient (Wildman–Crippen LogP) is 3.70. The van der Waals surface area contributed by atoms with Gasteiger partial charge in [0, 0.05) is 17.7 Å². The maximum absolute atomic E-state index is 12.2. The van der Waals surface area contributed by atoms with E-state index >= 15 is 0 Å². The van der Waals surface area contributed by atoms with E-state index in [1.54, 1.807) is 38.5 Å². The molecule has 0 aliphatic carbocycles. The molecule has 0 spiro atoms. The SMILES string of the molecule is COc1cc(/C=C\C(=O)NCc2cc(-c3ccccc3)on2)cc(OC)c1OC. The molecule has 0 aliphatic heterocycles. The summed E-state index contributed by atoms with van der Waals surface area (Å²) < 4.78 is 21.2. The molecule has 7 nitrogen and oxygen atoms in total. The van der Waals surface area contributed by atoms with E-state index in [1.165, 1.54) is 13.2 Å². The number of ether oxygens (including phenoxy) is 3.